The summed E-state index contributed by atoms with van der Waals surface area (Å²) in [7, 11) is 0. The maximum atomic E-state index is 12.6. The Kier molecular flexibility index (Phi) is 5.51. The molecule has 0 saturated carbocycles. The molecule has 0 saturated heterocycles. The molecule has 30 heavy (non-hydrogen) atoms. The molecule has 0 fully saturated rings. The summed E-state index contributed by atoms with van der Waals surface area (Å²) in [5, 5.41) is 16.1. The van der Waals surface area contributed by atoms with Gasteiger partial charge in [-0.25, -0.2) is 4.68 Å². The van der Waals surface area contributed by atoms with Crippen LogP contribution in [0.15, 0.2) is 24.3 Å². The molecule has 11 heteroatoms. The molecule has 3 heterocycles. The van der Waals surface area contributed by atoms with Gasteiger partial charge < -0.3 is 14.8 Å². The van der Waals surface area contributed by atoms with Gasteiger partial charge in [0.1, 0.15) is 18.5 Å². The number of benzene rings is 1. The standard InChI is InChI=1S/C19H17F3N4O3S/c20-19(21,22)30-10-14-3-4-26-17(29-14)7-15(25-26)18(27)24-13-6-12-5-11(8-23)1-2-16(12)28-9-13/h1-2,5,7,13-14H,3-4,6,9-10H2,(H,24,27)/t13-,14-/m0/s1. The molecular formula is C19H17F3N4O3S. The highest BCUT2D eigenvalue weighted by molar-refractivity contribution is 8.00. The van der Waals surface area contributed by atoms with Gasteiger partial charge in [-0.1, -0.05) is 0 Å². The van der Waals surface area contributed by atoms with Crippen molar-refractivity contribution in [2.45, 2.75) is 37.0 Å². The van der Waals surface area contributed by atoms with E-state index in [4.69, 9.17) is 14.7 Å². The number of nitrogens with zero attached hydrogens (tertiary/aromatic N) is 3. The molecule has 1 aromatic heterocycles. The summed E-state index contributed by atoms with van der Waals surface area (Å²) >= 11 is -0.120. The average molecular weight is 438 g/mol. The zero-order valence-corrected chi connectivity index (χ0v) is 16.4. The van der Waals surface area contributed by atoms with Gasteiger partial charge in [0.2, 0.25) is 5.88 Å². The molecule has 2 atom stereocenters. The Morgan fingerprint density at radius 2 is 2.23 bits per heavy atom. The van der Waals surface area contributed by atoms with Crippen molar-refractivity contribution in [2.75, 3.05) is 12.4 Å². The lowest BCUT2D eigenvalue weighted by atomic mass is 10.0. The lowest BCUT2D eigenvalue weighted by molar-refractivity contribution is -0.0334. The number of carbonyl (C=O) groups excluding carboxylic acids is 1. The fraction of sp³-hybridized carbons (Fsp3) is 0.421. The van der Waals surface area contributed by atoms with Gasteiger partial charge in [0.15, 0.2) is 5.69 Å². The topological polar surface area (TPSA) is 89.2 Å². The van der Waals surface area contributed by atoms with Crippen molar-refractivity contribution in [1.82, 2.24) is 15.1 Å². The second kappa shape index (κ2) is 8.10. The monoisotopic (exact) mass is 438 g/mol. The predicted octanol–water partition coefficient (Wildman–Crippen LogP) is 2.89. The molecule has 2 aliphatic heterocycles. The van der Waals surface area contributed by atoms with Gasteiger partial charge in [-0.3, -0.25) is 4.79 Å². The summed E-state index contributed by atoms with van der Waals surface area (Å²) in [6.07, 6.45) is 0.305. The highest BCUT2D eigenvalue weighted by Gasteiger charge is 2.32. The second-order valence-corrected chi connectivity index (χ2v) is 8.08. The summed E-state index contributed by atoms with van der Waals surface area (Å²) < 4.78 is 49.9. The first-order valence-corrected chi connectivity index (χ1v) is 10.2. The van der Waals surface area contributed by atoms with Crippen molar-refractivity contribution in [3.8, 4) is 17.7 Å². The second-order valence-electron chi connectivity index (χ2n) is 7.00. The van der Waals surface area contributed by atoms with Crippen LogP contribution < -0.4 is 14.8 Å². The van der Waals surface area contributed by atoms with Crippen LogP contribution in [-0.4, -0.2) is 45.7 Å². The number of rotatable bonds is 4. The number of amides is 1. The fourth-order valence-electron chi connectivity index (χ4n) is 3.38. The molecule has 0 unspecified atom stereocenters. The van der Waals surface area contributed by atoms with Gasteiger partial charge in [-0.05, 0) is 41.9 Å². The largest absolute Gasteiger partial charge is 0.491 e. The SMILES string of the molecule is N#Cc1ccc2c(c1)C[C@H](NC(=O)c1cc3n(n1)CC[C@@H](CSC(F)(F)F)O3)CO2. The van der Waals surface area contributed by atoms with E-state index in [-0.39, 0.29) is 41.7 Å². The normalized spacial score (nSPS) is 20.2. The number of hydrogen-bond acceptors (Lipinski definition) is 6. The van der Waals surface area contributed by atoms with Crippen molar-refractivity contribution in [3.63, 3.8) is 0 Å². The maximum absolute atomic E-state index is 12.6. The number of hydrogen-bond donors (Lipinski definition) is 1. The number of nitriles is 1. The van der Waals surface area contributed by atoms with Crippen molar-refractivity contribution < 1.29 is 27.4 Å². The van der Waals surface area contributed by atoms with Gasteiger partial charge in [0.05, 0.1) is 17.7 Å². The zero-order chi connectivity index (χ0) is 21.3. The number of halogens is 3. The van der Waals surface area contributed by atoms with E-state index in [9.17, 15) is 18.0 Å². The minimum absolute atomic E-state index is 0.120. The summed E-state index contributed by atoms with van der Waals surface area (Å²) in [6, 6.07) is 8.36. The number of fused-ring (bicyclic) bond motifs is 2. The van der Waals surface area contributed by atoms with Crippen LogP contribution in [0, 0.1) is 11.3 Å². The van der Waals surface area contributed by atoms with E-state index in [1.54, 1.807) is 18.2 Å². The van der Waals surface area contributed by atoms with Gasteiger partial charge in [-0.2, -0.15) is 23.5 Å². The Hall–Kier alpha value is -2.87. The van der Waals surface area contributed by atoms with Crippen molar-refractivity contribution >= 4 is 17.7 Å². The van der Waals surface area contributed by atoms with Gasteiger partial charge in [0.25, 0.3) is 5.91 Å². The lowest BCUT2D eigenvalue weighted by Crippen LogP contribution is -2.42. The van der Waals surface area contributed by atoms with Crippen molar-refractivity contribution in [1.29, 1.82) is 5.26 Å². The fourth-order valence-corrected chi connectivity index (χ4v) is 3.99. The Morgan fingerprint density at radius 3 is 3.00 bits per heavy atom. The van der Waals surface area contributed by atoms with E-state index in [2.05, 4.69) is 16.5 Å². The third kappa shape index (κ3) is 4.64. The van der Waals surface area contributed by atoms with Crippen LogP contribution in [0.1, 0.15) is 28.0 Å². The number of thioether (sulfide) groups is 1. The molecule has 158 valence electrons. The lowest BCUT2D eigenvalue weighted by Gasteiger charge is -2.25. The summed E-state index contributed by atoms with van der Waals surface area (Å²) in [4.78, 5) is 12.6. The number of alkyl halides is 3. The molecule has 1 amide bonds. The molecule has 2 aromatic rings. The number of nitrogens with one attached hydrogen (secondary N) is 1. The molecule has 0 aliphatic carbocycles. The summed E-state index contributed by atoms with van der Waals surface area (Å²) in [6.45, 7) is 0.661. The van der Waals surface area contributed by atoms with Crippen molar-refractivity contribution in [2.24, 2.45) is 0 Å². The van der Waals surface area contributed by atoms with Crippen LogP contribution in [0.25, 0.3) is 0 Å². The summed E-state index contributed by atoms with van der Waals surface area (Å²) in [5.74, 6) is 0.339. The quantitative estimate of drug-likeness (QED) is 0.790. The molecule has 1 N–H and O–H groups in total. The smallest absolute Gasteiger partial charge is 0.441 e. The molecule has 0 radical (unpaired) electrons. The number of ether oxygens (including phenoxy) is 2. The zero-order valence-electron chi connectivity index (χ0n) is 15.6. The Balaban J connectivity index is 1.37. The molecule has 7 nitrogen and oxygen atoms in total. The number of carbonyl (C=O) groups is 1. The predicted molar refractivity (Wildman–Crippen MR) is 101 cm³/mol. The van der Waals surface area contributed by atoms with E-state index < -0.39 is 17.5 Å². The van der Waals surface area contributed by atoms with Gasteiger partial charge >= 0.3 is 5.51 Å². The van der Waals surface area contributed by atoms with Crippen LogP contribution in [-0.2, 0) is 13.0 Å². The van der Waals surface area contributed by atoms with E-state index in [0.717, 1.165) is 5.56 Å². The van der Waals surface area contributed by atoms with E-state index in [1.165, 1.54) is 10.7 Å². The first-order valence-electron chi connectivity index (χ1n) is 9.22. The minimum Gasteiger partial charge on any atom is -0.491 e. The van der Waals surface area contributed by atoms with Crippen LogP contribution in [0.2, 0.25) is 0 Å². The van der Waals surface area contributed by atoms with E-state index in [1.807, 2.05) is 0 Å². The Morgan fingerprint density at radius 1 is 1.40 bits per heavy atom. The van der Waals surface area contributed by atoms with Gasteiger partial charge in [-0.15, -0.1) is 0 Å². The number of aromatic nitrogens is 2. The third-order valence-electron chi connectivity index (χ3n) is 4.79. The van der Waals surface area contributed by atoms with Crippen LogP contribution in [0.5, 0.6) is 11.6 Å². The minimum atomic E-state index is -4.30. The van der Waals surface area contributed by atoms with Crippen LogP contribution in [0.3, 0.4) is 0 Å². The molecule has 1 aromatic carbocycles. The average Bonchev–Trinajstić information content (AvgIpc) is 3.15. The van der Waals surface area contributed by atoms with Crippen molar-refractivity contribution in [3.05, 3.63) is 41.1 Å². The van der Waals surface area contributed by atoms with E-state index >= 15 is 0 Å². The van der Waals surface area contributed by atoms with Crippen LogP contribution >= 0.6 is 11.8 Å². The Labute approximate surface area is 174 Å². The molecule has 4 rings (SSSR count). The van der Waals surface area contributed by atoms with E-state index in [0.29, 0.717) is 30.7 Å². The number of aryl methyl sites for hydroxylation is 1. The maximum Gasteiger partial charge on any atom is 0.441 e. The molecule has 2 aliphatic rings. The summed E-state index contributed by atoms with van der Waals surface area (Å²) in [5.41, 5.74) is -2.82. The first kappa shape index (κ1) is 20.4. The highest BCUT2D eigenvalue weighted by Crippen LogP contribution is 2.33. The molecule has 0 bridgehead atoms. The molecule has 0 spiro atoms. The molecular weight excluding hydrogens is 421 g/mol. The third-order valence-corrected chi connectivity index (χ3v) is 5.66. The van der Waals surface area contributed by atoms with Gasteiger partial charge in [0, 0.05) is 24.8 Å². The Bertz CT molecular complexity index is 1000. The van der Waals surface area contributed by atoms with Crippen LogP contribution in [0.4, 0.5) is 13.2 Å². The highest BCUT2D eigenvalue weighted by atomic mass is 32.2. The first-order chi connectivity index (χ1) is 14.3.